The van der Waals surface area contributed by atoms with Gasteiger partial charge in [-0.2, -0.15) is 4.98 Å². The molecule has 0 bridgehead atoms. The molecule has 4 rings (SSSR count). The summed E-state index contributed by atoms with van der Waals surface area (Å²) >= 11 is 0. The Morgan fingerprint density at radius 2 is 1.92 bits per heavy atom. The van der Waals surface area contributed by atoms with Crippen LogP contribution in [0.1, 0.15) is 48.6 Å². The van der Waals surface area contributed by atoms with E-state index in [1.165, 1.54) is 11.1 Å². The SMILES string of the molecule is Cc1noc([C@H](C)N2CCC(C(=O)N3CCc4ccccc4C3)CC2)n1. The van der Waals surface area contributed by atoms with Crippen LogP contribution in [-0.2, 0) is 17.8 Å². The van der Waals surface area contributed by atoms with Crippen molar-refractivity contribution in [2.45, 2.75) is 45.7 Å². The Morgan fingerprint density at radius 1 is 1.19 bits per heavy atom. The molecule has 1 amide bonds. The molecular formula is C20H26N4O2. The average molecular weight is 354 g/mol. The number of rotatable bonds is 3. The quantitative estimate of drug-likeness (QED) is 0.848. The van der Waals surface area contributed by atoms with E-state index in [2.05, 4.69) is 46.2 Å². The second kappa shape index (κ2) is 7.19. The second-order valence-electron chi connectivity index (χ2n) is 7.44. The first-order chi connectivity index (χ1) is 12.6. The van der Waals surface area contributed by atoms with Gasteiger partial charge in [0.25, 0.3) is 0 Å². The number of likely N-dealkylation sites (tertiary alicyclic amines) is 1. The molecule has 0 unspecified atom stereocenters. The van der Waals surface area contributed by atoms with E-state index in [1.54, 1.807) is 0 Å². The van der Waals surface area contributed by atoms with Crippen molar-refractivity contribution < 1.29 is 9.32 Å². The lowest BCUT2D eigenvalue weighted by Gasteiger charge is -2.37. The molecule has 0 spiro atoms. The van der Waals surface area contributed by atoms with Crippen molar-refractivity contribution in [3.8, 4) is 0 Å². The third kappa shape index (κ3) is 3.38. The van der Waals surface area contributed by atoms with E-state index >= 15 is 0 Å². The minimum Gasteiger partial charge on any atom is -0.338 e. The topological polar surface area (TPSA) is 62.5 Å². The normalized spacial score (nSPS) is 20.0. The van der Waals surface area contributed by atoms with Crippen molar-refractivity contribution in [2.24, 2.45) is 5.92 Å². The van der Waals surface area contributed by atoms with Gasteiger partial charge in [-0.25, -0.2) is 0 Å². The molecule has 6 nitrogen and oxygen atoms in total. The number of nitrogens with zero attached hydrogens (tertiary/aromatic N) is 4. The summed E-state index contributed by atoms with van der Waals surface area (Å²) in [5.74, 6) is 1.79. The Balaban J connectivity index is 1.34. The molecule has 0 radical (unpaired) electrons. The van der Waals surface area contributed by atoms with Crippen LogP contribution in [0.3, 0.4) is 0 Å². The molecule has 3 heterocycles. The number of piperidine rings is 1. The van der Waals surface area contributed by atoms with Gasteiger partial charge in [-0.05, 0) is 57.3 Å². The van der Waals surface area contributed by atoms with Crippen LogP contribution < -0.4 is 0 Å². The first-order valence-electron chi connectivity index (χ1n) is 9.51. The van der Waals surface area contributed by atoms with Crippen LogP contribution in [0.5, 0.6) is 0 Å². The number of carbonyl (C=O) groups is 1. The summed E-state index contributed by atoms with van der Waals surface area (Å²) in [5.41, 5.74) is 2.68. The Hall–Kier alpha value is -2.21. The van der Waals surface area contributed by atoms with Crippen LogP contribution in [-0.4, -0.2) is 45.5 Å². The van der Waals surface area contributed by atoms with E-state index in [0.29, 0.717) is 17.6 Å². The predicted molar refractivity (Wildman–Crippen MR) is 97.3 cm³/mol. The highest BCUT2D eigenvalue weighted by Crippen LogP contribution is 2.28. The number of aromatic nitrogens is 2. The summed E-state index contributed by atoms with van der Waals surface area (Å²) in [6.07, 6.45) is 2.76. The van der Waals surface area contributed by atoms with E-state index < -0.39 is 0 Å². The van der Waals surface area contributed by atoms with Crippen molar-refractivity contribution in [1.82, 2.24) is 19.9 Å². The van der Waals surface area contributed by atoms with E-state index in [4.69, 9.17) is 4.52 Å². The van der Waals surface area contributed by atoms with E-state index in [-0.39, 0.29) is 12.0 Å². The number of hydrogen-bond acceptors (Lipinski definition) is 5. The Kier molecular flexibility index (Phi) is 4.76. The third-order valence-electron chi connectivity index (χ3n) is 5.77. The van der Waals surface area contributed by atoms with Crippen LogP contribution in [0.2, 0.25) is 0 Å². The van der Waals surface area contributed by atoms with Crippen LogP contribution >= 0.6 is 0 Å². The molecule has 2 aromatic rings. The minimum atomic E-state index is 0.106. The van der Waals surface area contributed by atoms with Gasteiger partial charge in [-0.3, -0.25) is 9.69 Å². The molecule has 2 aliphatic rings. The molecule has 6 heteroatoms. The van der Waals surface area contributed by atoms with Gasteiger partial charge in [0.2, 0.25) is 11.8 Å². The van der Waals surface area contributed by atoms with Gasteiger partial charge in [0.05, 0.1) is 6.04 Å². The van der Waals surface area contributed by atoms with Gasteiger partial charge in [0.15, 0.2) is 5.82 Å². The maximum atomic E-state index is 13.0. The average Bonchev–Trinajstić information content (AvgIpc) is 3.13. The lowest BCUT2D eigenvalue weighted by molar-refractivity contribution is -0.138. The summed E-state index contributed by atoms with van der Waals surface area (Å²) in [6.45, 7) is 7.31. The van der Waals surface area contributed by atoms with Crippen LogP contribution in [0.15, 0.2) is 28.8 Å². The van der Waals surface area contributed by atoms with Crippen molar-refractivity contribution in [3.05, 3.63) is 47.1 Å². The van der Waals surface area contributed by atoms with Crippen LogP contribution in [0, 0.1) is 12.8 Å². The summed E-state index contributed by atoms with van der Waals surface area (Å²) in [7, 11) is 0. The summed E-state index contributed by atoms with van der Waals surface area (Å²) < 4.78 is 5.30. The third-order valence-corrected chi connectivity index (χ3v) is 5.77. The van der Waals surface area contributed by atoms with Gasteiger partial charge in [-0.15, -0.1) is 0 Å². The maximum absolute atomic E-state index is 13.0. The number of aryl methyl sites for hydroxylation is 1. The molecular weight excluding hydrogens is 328 g/mol. The Bertz CT molecular complexity index is 780. The summed E-state index contributed by atoms with van der Waals surface area (Å²) in [5, 5.41) is 3.88. The number of amides is 1. The number of carbonyl (C=O) groups excluding carboxylic acids is 1. The monoisotopic (exact) mass is 354 g/mol. The van der Waals surface area contributed by atoms with E-state index in [9.17, 15) is 4.79 Å². The van der Waals surface area contributed by atoms with Gasteiger partial charge >= 0.3 is 0 Å². The van der Waals surface area contributed by atoms with Crippen molar-refractivity contribution in [2.75, 3.05) is 19.6 Å². The zero-order chi connectivity index (χ0) is 18.1. The fourth-order valence-electron chi connectivity index (χ4n) is 4.11. The number of benzene rings is 1. The number of hydrogen-bond donors (Lipinski definition) is 0. The molecule has 0 aliphatic carbocycles. The molecule has 26 heavy (non-hydrogen) atoms. The van der Waals surface area contributed by atoms with Crippen LogP contribution in [0.4, 0.5) is 0 Å². The first kappa shape index (κ1) is 17.2. The molecule has 0 saturated carbocycles. The van der Waals surface area contributed by atoms with Gasteiger partial charge in [0.1, 0.15) is 0 Å². The molecule has 138 valence electrons. The standard InChI is InChI=1S/C20H26N4O2/c1-14(19-21-15(2)22-26-19)23-10-8-17(9-11-23)20(25)24-12-7-16-5-3-4-6-18(16)13-24/h3-6,14,17H,7-13H2,1-2H3/t14-/m0/s1. The predicted octanol–water partition coefficient (Wildman–Crippen LogP) is 2.74. The Labute approximate surface area is 154 Å². The maximum Gasteiger partial charge on any atom is 0.243 e. The second-order valence-corrected chi connectivity index (χ2v) is 7.44. The Morgan fingerprint density at radius 3 is 2.62 bits per heavy atom. The fourth-order valence-corrected chi connectivity index (χ4v) is 4.11. The fraction of sp³-hybridized carbons (Fsp3) is 0.550. The smallest absolute Gasteiger partial charge is 0.243 e. The minimum absolute atomic E-state index is 0.106. The summed E-state index contributed by atoms with van der Waals surface area (Å²) in [6, 6.07) is 8.57. The van der Waals surface area contributed by atoms with Crippen molar-refractivity contribution >= 4 is 5.91 Å². The summed E-state index contributed by atoms with van der Waals surface area (Å²) in [4.78, 5) is 21.7. The van der Waals surface area contributed by atoms with Crippen molar-refractivity contribution in [3.63, 3.8) is 0 Å². The van der Waals surface area contributed by atoms with Crippen LogP contribution in [0.25, 0.3) is 0 Å². The van der Waals surface area contributed by atoms with Gasteiger partial charge in [0, 0.05) is 19.0 Å². The molecule has 1 atom stereocenters. The van der Waals surface area contributed by atoms with Gasteiger partial charge in [-0.1, -0.05) is 29.4 Å². The zero-order valence-electron chi connectivity index (χ0n) is 15.5. The zero-order valence-corrected chi connectivity index (χ0v) is 15.5. The first-order valence-corrected chi connectivity index (χ1v) is 9.51. The molecule has 1 aromatic heterocycles. The lowest BCUT2D eigenvalue weighted by atomic mass is 9.92. The highest BCUT2D eigenvalue weighted by Gasteiger charge is 2.32. The highest BCUT2D eigenvalue weighted by molar-refractivity contribution is 5.79. The van der Waals surface area contributed by atoms with Crippen molar-refractivity contribution in [1.29, 1.82) is 0 Å². The van der Waals surface area contributed by atoms with Gasteiger partial charge < -0.3 is 9.42 Å². The van der Waals surface area contributed by atoms with E-state index in [0.717, 1.165) is 45.4 Å². The molecule has 1 fully saturated rings. The van der Waals surface area contributed by atoms with E-state index in [1.807, 2.05) is 11.8 Å². The highest BCUT2D eigenvalue weighted by atomic mass is 16.5. The molecule has 1 saturated heterocycles. The largest absolute Gasteiger partial charge is 0.338 e. The molecule has 2 aliphatic heterocycles. The number of fused-ring (bicyclic) bond motifs is 1. The lowest BCUT2D eigenvalue weighted by Crippen LogP contribution is -2.44. The molecule has 0 N–H and O–H groups in total. The molecule has 1 aromatic carbocycles.